The highest BCUT2D eigenvalue weighted by Crippen LogP contribution is 2.53. The zero-order chi connectivity index (χ0) is 83.1. The molecule has 0 N–H and O–H groups in total. The molecule has 0 spiro atoms. The standard InChI is InChI=1S/C120H78N4O2/c1-7-26-79(27-8-1)81-54-60-98(61-55-81)121(99-62-56-80-28-19-20-35-89(80)69-99)103-75-112-109-65-58-88-34-22-24-44-108(88)118(109)126-119(112)114(77-103)123(96-39-15-5-16-40-96)100-63-57-84-50-51-90(68-94(84)72-100)82-46-48-83(49-47-82)91-52-53-93-71-102(74-111(110(93)73-91)86-31-11-3-12-32-86)122(95-37-13-4-14-38-95)104-76-113-117-107-43-23-21-33-87(107)59-67-116(117)125-120(113)115(78-104)124(97-41-17-6-18-42-97)101-64-66-106-92(70-101)36-25-45-105(106)85-29-9-2-10-30-85/h1-78H. The predicted octanol–water partition coefficient (Wildman–Crippen LogP) is 34.6. The number of furan rings is 2. The van der Waals surface area contributed by atoms with Crippen LogP contribution >= 0.6 is 0 Å². The molecule has 0 aliphatic rings. The van der Waals surface area contributed by atoms with Crippen LogP contribution in [0, 0.1) is 0 Å². The lowest BCUT2D eigenvalue weighted by Gasteiger charge is -2.30. The van der Waals surface area contributed by atoms with Gasteiger partial charge in [0.05, 0.1) is 11.4 Å². The van der Waals surface area contributed by atoms with Crippen molar-refractivity contribution in [3.05, 3.63) is 473 Å². The minimum Gasteiger partial charge on any atom is -0.454 e. The van der Waals surface area contributed by atoms with Gasteiger partial charge in [-0.2, -0.15) is 0 Å². The Balaban J connectivity index is 0.617. The minimum absolute atomic E-state index is 0.795. The quantitative estimate of drug-likeness (QED) is 0.0905. The molecule has 126 heavy (non-hydrogen) atoms. The summed E-state index contributed by atoms with van der Waals surface area (Å²) >= 11 is 0. The zero-order valence-corrected chi connectivity index (χ0v) is 68.6. The van der Waals surface area contributed by atoms with E-state index in [1.807, 2.05) is 0 Å². The summed E-state index contributed by atoms with van der Waals surface area (Å²) < 4.78 is 14.7. The molecular formula is C120H78N4O2. The van der Waals surface area contributed by atoms with Crippen molar-refractivity contribution in [3.8, 4) is 55.6 Å². The Hall–Kier alpha value is -16.8. The Morgan fingerprint density at radius 3 is 1.17 bits per heavy atom. The Kier molecular flexibility index (Phi) is 17.8. The third-order valence-electron chi connectivity index (χ3n) is 25.2. The highest BCUT2D eigenvalue weighted by Gasteiger charge is 2.29. The van der Waals surface area contributed by atoms with E-state index in [0.717, 1.165) is 205 Å². The number of anilines is 12. The van der Waals surface area contributed by atoms with Crippen molar-refractivity contribution in [2.45, 2.75) is 0 Å². The smallest absolute Gasteiger partial charge is 0.159 e. The van der Waals surface area contributed by atoms with Gasteiger partial charge in [-0.3, -0.25) is 0 Å². The van der Waals surface area contributed by atoms with Crippen molar-refractivity contribution < 1.29 is 8.83 Å². The molecule has 0 fully saturated rings. The fourth-order valence-corrected chi connectivity index (χ4v) is 19.2. The second-order valence-electron chi connectivity index (χ2n) is 32.7. The second-order valence-corrected chi connectivity index (χ2v) is 32.7. The molecule has 24 rings (SSSR count). The van der Waals surface area contributed by atoms with E-state index in [9.17, 15) is 0 Å². The molecule has 0 saturated carbocycles. The minimum atomic E-state index is 0.795. The molecular weight excluding hydrogens is 1530 g/mol. The van der Waals surface area contributed by atoms with Gasteiger partial charge < -0.3 is 28.4 Å². The van der Waals surface area contributed by atoms with Crippen LogP contribution in [-0.4, -0.2) is 0 Å². The van der Waals surface area contributed by atoms with Crippen LogP contribution < -0.4 is 19.6 Å². The third-order valence-corrected chi connectivity index (χ3v) is 25.2. The molecule has 0 aliphatic heterocycles. The van der Waals surface area contributed by atoms with E-state index in [1.54, 1.807) is 0 Å². The highest BCUT2D eigenvalue weighted by molar-refractivity contribution is 6.23. The predicted molar refractivity (Wildman–Crippen MR) is 532 cm³/mol. The molecule has 0 radical (unpaired) electrons. The Morgan fingerprint density at radius 2 is 0.524 bits per heavy atom. The van der Waals surface area contributed by atoms with Gasteiger partial charge in [0, 0.05) is 83.8 Å². The molecule has 0 aliphatic carbocycles. The number of hydrogen-bond acceptors (Lipinski definition) is 6. The van der Waals surface area contributed by atoms with Crippen molar-refractivity contribution in [2.24, 2.45) is 0 Å². The summed E-state index contributed by atoms with van der Waals surface area (Å²) in [7, 11) is 0. The third kappa shape index (κ3) is 13.0. The molecule has 0 unspecified atom stereocenters. The maximum absolute atomic E-state index is 7.40. The van der Waals surface area contributed by atoms with E-state index in [4.69, 9.17) is 8.83 Å². The molecule has 590 valence electrons. The molecule has 2 aromatic heterocycles. The summed E-state index contributed by atoms with van der Waals surface area (Å²) in [6.45, 7) is 0. The summed E-state index contributed by atoms with van der Waals surface area (Å²) in [4.78, 5) is 9.60. The van der Waals surface area contributed by atoms with Gasteiger partial charge in [0.25, 0.3) is 0 Å². The Labute approximate surface area is 729 Å². The summed E-state index contributed by atoms with van der Waals surface area (Å²) in [6, 6.07) is 172. The van der Waals surface area contributed by atoms with Crippen LogP contribution in [0.3, 0.4) is 0 Å². The van der Waals surface area contributed by atoms with E-state index in [1.165, 1.54) is 27.5 Å². The van der Waals surface area contributed by atoms with Crippen molar-refractivity contribution in [1.29, 1.82) is 0 Å². The van der Waals surface area contributed by atoms with E-state index >= 15 is 0 Å². The molecule has 6 heteroatoms. The Morgan fingerprint density at radius 1 is 0.143 bits per heavy atom. The van der Waals surface area contributed by atoms with Crippen molar-refractivity contribution >= 4 is 177 Å². The van der Waals surface area contributed by atoms with Gasteiger partial charge in [-0.15, -0.1) is 0 Å². The van der Waals surface area contributed by atoms with Crippen molar-refractivity contribution in [2.75, 3.05) is 19.6 Å². The van der Waals surface area contributed by atoms with Gasteiger partial charge in [0.2, 0.25) is 0 Å². The normalized spacial score (nSPS) is 11.7. The first-order chi connectivity index (χ1) is 62.4. The SMILES string of the molecule is c1ccc(-c2ccc(N(c3ccc4ccccc4c3)c3cc(N(c4ccccc4)c4ccc5ccc(-c6ccc(-c7ccc8cc(N(c9ccccc9)c9cc(N(c%10ccccc%10)c%10ccc%11c(-c%12ccccc%12)cccc%11c%10)c%10oc%11ccc%12ccccc%12c%11c%10c9)cc(-c9ccccc9)c8c7)cc6)cc5c4)c4oc5c6ccccc6ccc5c4c3)cc2)cc1. The number of benzene rings is 22. The maximum Gasteiger partial charge on any atom is 0.159 e. The van der Waals surface area contributed by atoms with Crippen LogP contribution in [0.25, 0.3) is 164 Å². The van der Waals surface area contributed by atoms with Crippen LogP contribution in [0.4, 0.5) is 68.2 Å². The average molecular weight is 1610 g/mol. The van der Waals surface area contributed by atoms with E-state index in [2.05, 4.69) is 493 Å². The van der Waals surface area contributed by atoms with Crippen LogP contribution in [-0.2, 0) is 0 Å². The largest absolute Gasteiger partial charge is 0.454 e. The van der Waals surface area contributed by atoms with Crippen molar-refractivity contribution in [3.63, 3.8) is 0 Å². The van der Waals surface area contributed by atoms with E-state index in [0.29, 0.717) is 0 Å². The maximum atomic E-state index is 7.40. The number of rotatable bonds is 17. The van der Waals surface area contributed by atoms with Gasteiger partial charge >= 0.3 is 0 Å². The lowest BCUT2D eigenvalue weighted by molar-refractivity contribution is 0.669. The number of hydrogen-bond donors (Lipinski definition) is 0. The highest BCUT2D eigenvalue weighted by atomic mass is 16.3. The summed E-state index contributed by atoms with van der Waals surface area (Å²) in [5.74, 6) is 0. The molecule has 22 aromatic carbocycles. The molecule has 0 amide bonds. The topological polar surface area (TPSA) is 39.2 Å². The van der Waals surface area contributed by atoms with Crippen LogP contribution in [0.5, 0.6) is 0 Å². The summed E-state index contributed by atoms with van der Waals surface area (Å²) in [5.41, 5.74) is 26.6. The lowest BCUT2D eigenvalue weighted by atomic mass is 9.93. The van der Waals surface area contributed by atoms with Crippen LogP contribution in [0.15, 0.2) is 482 Å². The van der Waals surface area contributed by atoms with Crippen LogP contribution in [0.2, 0.25) is 0 Å². The lowest BCUT2D eigenvalue weighted by Crippen LogP contribution is -2.13. The average Bonchev–Trinajstić information content (AvgIpc) is 1.55. The molecule has 6 nitrogen and oxygen atoms in total. The first-order valence-corrected chi connectivity index (χ1v) is 43.1. The first-order valence-electron chi connectivity index (χ1n) is 43.1. The summed E-state index contributed by atoms with van der Waals surface area (Å²) in [6.07, 6.45) is 0. The summed E-state index contributed by atoms with van der Waals surface area (Å²) in [5, 5.41) is 17.8. The molecule has 0 saturated heterocycles. The number of para-hydroxylation sites is 3. The van der Waals surface area contributed by atoms with Crippen LogP contribution in [0.1, 0.15) is 0 Å². The molecule has 24 aromatic rings. The van der Waals surface area contributed by atoms with Gasteiger partial charge in [0.1, 0.15) is 11.2 Å². The fourth-order valence-electron chi connectivity index (χ4n) is 19.2. The second kappa shape index (κ2) is 30.7. The number of fused-ring (bicyclic) bond motifs is 14. The van der Waals surface area contributed by atoms with Crippen molar-refractivity contribution in [1.82, 2.24) is 0 Å². The fraction of sp³-hybridized carbons (Fsp3) is 0. The number of nitrogens with zero attached hydrogens (tertiary/aromatic N) is 4. The van der Waals surface area contributed by atoms with Gasteiger partial charge in [-0.1, -0.05) is 328 Å². The van der Waals surface area contributed by atoms with Gasteiger partial charge in [0.15, 0.2) is 11.2 Å². The molecule has 0 atom stereocenters. The monoisotopic (exact) mass is 1610 g/mol. The Bertz CT molecular complexity index is 8320. The van der Waals surface area contributed by atoms with Gasteiger partial charge in [-0.25, -0.2) is 0 Å². The first kappa shape index (κ1) is 73.1. The van der Waals surface area contributed by atoms with E-state index < -0.39 is 0 Å². The molecule has 2 heterocycles. The molecule has 0 bridgehead atoms. The van der Waals surface area contributed by atoms with E-state index in [-0.39, 0.29) is 0 Å². The zero-order valence-electron chi connectivity index (χ0n) is 68.6. The van der Waals surface area contributed by atoms with Gasteiger partial charge in [-0.05, 0) is 260 Å².